The average Bonchev–Trinajstić information content (AvgIpc) is 2.59. The Labute approximate surface area is 149 Å². The van der Waals surface area contributed by atoms with Crippen molar-refractivity contribution in [2.45, 2.75) is 0 Å². The number of anilines is 1. The van der Waals surface area contributed by atoms with E-state index in [1.807, 2.05) is 0 Å². The Morgan fingerprint density at radius 2 is 1.92 bits per heavy atom. The molecule has 3 N–H and O–H groups in total. The second kappa shape index (κ2) is 8.25. The Bertz CT molecular complexity index is 795. The van der Waals surface area contributed by atoms with E-state index in [-0.39, 0.29) is 11.6 Å². The summed E-state index contributed by atoms with van der Waals surface area (Å²) in [6, 6.07) is 9.57. The molecule has 0 saturated carbocycles. The van der Waals surface area contributed by atoms with Crippen LogP contribution in [0, 0.1) is 0 Å². The van der Waals surface area contributed by atoms with Gasteiger partial charge in [0.1, 0.15) is 5.75 Å². The van der Waals surface area contributed by atoms with E-state index in [9.17, 15) is 9.59 Å². The monoisotopic (exact) mass is 364 g/mol. The Morgan fingerprint density at radius 1 is 1.16 bits per heavy atom. The molecule has 0 atom stereocenters. The zero-order valence-electron chi connectivity index (χ0n) is 13.7. The SMILES string of the molecule is COc1cc(C(=O)Nc2cccc(OCC(N)=O)c2)cc(Cl)c1OC. The lowest BCUT2D eigenvalue weighted by Crippen LogP contribution is -2.20. The number of rotatable bonds is 7. The van der Waals surface area contributed by atoms with Crippen molar-refractivity contribution in [2.75, 3.05) is 26.1 Å². The number of benzene rings is 2. The van der Waals surface area contributed by atoms with Crippen molar-refractivity contribution in [3.63, 3.8) is 0 Å². The summed E-state index contributed by atoms with van der Waals surface area (Å²) in [4.78, 5) is 23.2. The molecular formula is C17H17ClN2O5. The summed E-state index contributed by atoms with van der Waals surface area (Å²) in [5, 5.41) is 2.97. The van der Waals surface area contributed by atoms with Crippen LogP contribution in [0.4, 0.5) is 5.69 Å². The van der Waals surface area contributed by atoms with Crippen LogP contribution in [0.2, 0.25) is 5.02 Å². The van der Waals surface area contributed by atoms with Crippen molar-refractivity contribution < 1.29 is 23.8 Å². The second-order valence-electron chi connectivity index (χ2n) is 4.93. The minimum Gasteiger partial charge on any atom is -0.493 e. The van der Waals surface area contributed by atoms with Crippen LogP contribution < -0.4 is 25.3 Å². The highest BCUT2D eigenvalue weighted by Gasteiger charge is 2.15. The minimum absolute atomic E-state index is 0.247. The van der Waals surface area contributed by atoms with E-state index < -0.39 is 11.8 Å². The molecule has 8 heteroatoms. The molecule has 2 aromatic carbocycles. The van der Waals surface area contributed by atoms with Gasteiger partial charge in [-0.25, -0.2) is 0 Å². The van der Waals surface area contributed by atoms with Crippen molar-refractivity contribution in [3.8, 4) is 17.2 Å². The molecule has 0 radical (unpaired) electrons. The third kappa shape index (κ3) is 4.77. The number of hydrogen-bond acceptors (Lipinski definition) is 5. The zero-order valence-corrected chi connectivity index (χ0v) is 14.4. The third-order valence-electron chi connectivity index (χ3n) is 3.17. The summed E-state index contributed by atoms with van der Waals surface area (Å²) in [5.41, 5.74) is 5.81. The Hall–Kier alpha value is -2.93. The lowest BCUT2D eigenvalue weighted by molar-refractivity contribution is -0.119. The highest BCUT2D eigenvalue weighted by Crippen LogP contribution is 2.36. The molecule has 25 heavy (non-hydrogen) atoms. The maximum Gasteiger partial charge on any atom is 0.255 e. The first kappa shape index (κ1) is 18.4. The van der Waals surface area contributed by atoms with Gasteiger partial charge in [-0.3, -0.25) is 9.59 Å². The van der Waals surface area contributed by atoms with Gasteiger partial charge < -0.3 is 25.3 Å². The fourth-order valence-corrected chi connectivity index (χ4v) is 2.36. The molecule has 2 aromatic rings. The van der Waals surface area contributed by atoms with Crippen molar-refractivity contribution in [1.82, 2.24) is 0 Å². The van der Waals surface area contributed by atoms with Gasteiger partial charge in [0.2, 0.25) is 0 Å². The molecule has 0 heterocycles. The van der Waals surface area contributed by atoms with Gasteiger partial charge in [0.25, 0.3) is 11.8 Å². The third-order valence-corrected chi connectivity index (χ3v) is 3.45. The normalized spacial score (nSPS) is 10.0. The predicted octanol–water partition coefficient (Wildman–Crippen LogP) is 2.47. The van der Waals surface area contributed by atoms with Crippen molar-refractivity contribution in [2.24, 2.45) is 5.73 Å². The lowest BCUT2D eigenvalue weighted by Gasteiger charge is -2.12. The standard InChI is InChI=1S/C17H17ClN2O5/c1-23-14-7-10(6-13(18)16(14)24-2)17(22)20-11-4-3-5-12(8-11)25-9-15(19)21/h3-8H,9H2,1-2H3,(H2,19,21)(H,20,22). The van der Waals surface area contributed by atoms with Gasteiger partial charge in [-0.2, -0.15) is 0 Å². The molecule has 2 rings (SSSR count). The molecule has 0 aliphatic rings. The zero-order chi connectivity index (χ0) is 18.4. The Kier molecular flexibility index (Phi) is 6.08. The van der Waals surface area contributed by atoms with Gasteiger partial charge in [-0.1, -0.05) is 17.7 Å². The largest absolute Gasteiger partial charge is 0.493 e. The molecule has 0 unspecified atom stereocenters. The number of amides is 2. The van der Waals surface area contributed by atoms with E-state index in [1.54, 1.807) is 24.3 Å². The van der Waals surface area contributed by atoms with Crippen LogP contribution in [-0.2, 0) is 4.79 Å². The number of nitrogens with two attached hydrogens (primary N) is 1. The lowest BCUT2D eigenvalue weighted by atomic mass is 10.1. The number of ether oxygens (including phenoxy) is 3. The fraction of sp³-hybridized carbons (Fsp3) is 0.176. The Morgan fingerprint density at radius 3 is 2.56 bits per heavy atom. The number of hydrogen-bond donors (Lipinski definition) is 2. The Balaban J connectivity index is 2.18. The molecule has 0 aromatic heterocycles. The van der Waals surface area contributed by atoms with Gasteiger partial charge in [-0.05, 0) is 24.3 Å². The number of carbonyl (C=O) groups excluding carboxylic acids is 2. The van der Waals surface area contributed by atoms with Crippen LogP contribution in [0.25, 0.3) is 0 Å². The molecule has 0 fully saturated rings. The molecule has 0 spiro atoms. The quantitative estimate of drug-likeness (QED) is 0.786. The maximum atomic E-state index is 12.4. The minimum atomic E-state index is -0.589. The van der Waals surface area contributed by atoms with E-state index in [0.29, 0.717) is 28.5 Å². The highest BCUT2D eigenvalue weighted by molar-refractivity contribution is 6.32. The first-order valence-corrected chi connectivity index (χ1v) is 7.56. The highest BCUT2D eigenvalue weighted by atomic mass is 35.5. The summed E-state index contributed by atoms with van der Waals surface area (Å²) < 4.78 is 15.5. The van der Waals surface area contributed by atoms with Crippen molar-refractivity contribution >= 4 is 29.1 Å². The van der Waals surface area contributed by atoms with Crippen LogP contribution in [0.1, 0.15) is 10.4 Å². The molecule has 7 nitrogen and oxygen atoms in total. The topological polar surface area (TPSA) is 99.9 Å². The summed E-state index contributed by atoms with van der Waals surface area (Å²) in [7, 11) is 2.91. The van der Waals surface area contributed by atoms with Gasteiger partial charge in [0, 0.05) is 17.3 Å². The van der Waals surface area contributed by atoms with E-state index in [1.165, 1.54) is 26.4 Å². The summed E-state index contributed by atoms with van der Waals surface area (Å²) in [6.07, 6.45) is 0. The van der Waals surface area contributed by atoms with Crippen LogP contribution in [-0.4, -0.2) is 32.6 Å². The predicted molar refractivity (Wildman–Crippen MR) is 93.6 cm³/mol. The van der Waals surface area contributed by atoms with Gasteiger partial charge >= 0.3 is 0 Å². The van der Waals surface area contributed by atoms with Crippen LogP contribution in [0.5, 0.6) is 17.2 Å². The summed E-state index contributed by atoms with van der Waals surface area (Å²) in [6.45, 7) is -0.247. The average molecular weight is 365 g/mol. The van der Waals surface area contributed by atoms with E-state index in [2.05, 4.69) is 5.32 Å². The molecular weight excluding hydrogens is 348 g/mol. The summed E-state index contributed by atoms with van der Waals surface area (Å²) >= 11 is 6.11. The fourth-order valence-electron chi connectivity index (χ4n) is 2.07. The van der Waals surface area contributed by atoms with E-state index in [4.69, 9.17) is 31.5 Å². The number of methoxy groups -OCH3 is 2. The molecule has 0 aliphatic heterocycles. The van der Waals surface area contributed by atoms with Crippen LogP contribution in [0.3, 0.4) is 0 Å². The molecule has 132 valence electrons. The van der Waals surface area contributed by atoms with E-state index in [0.717, 1.165) is 0 Å². The van der Waals surface area contributed by atoms with Gasteiger partial charge in [0.15, 0.2) is 18.1 Å². The number of halogens is 1. The van der Waals surface area contributed by atoms with Gasteiger partial charge in [-0.15, -0.1) is 0 Å². The van der Waals surface area contributed by atoms with Gasteiger partial charge in [0.05, 0.1) is 19.2 Å². The molecule has 2 amide bonds. The molecule has 0 bridgehead atoms. The van der Waals surface area contributed by atoms with Crippen molar-refractivity contribution in [3.05, 3.63) is 47.0 Å². The molecule has 0 saturated heterocycles. The van der Waals surface area contributed by atoms with Crippen LogP contribution in [0.15, 0.2) is 36.4 Å². The van der Waals surface area contributed by atoms with Crippen LogP contribution >= 0.6 is 11.6 Å². The first-order valence-electron chi connectivity index (χ1n) is 7.18. The molecule has 0 aliphatic carbocycles. The smallest absolute Gasteiger partial charge is 0.255 e. The van der Waals surface area contributed by atoms with E-state index >= 15 is 0 Å². The summed E-state index contributed by atoms with van der Waals surface area (Å²) in [5.74, 6) is 0.118. The maximum absolute atomic E-state index is 12.4. The first-order chi connectivity index (χ1) is 11.9. The van der Waals surface area contributed by atoms with Crippen molar-refractivity contribution in [1.29, 1.82) is 0 Å². The second-order valence-corrected chi connectivity index (χ2v) is 5.34. The number of nitrogens with one attached hydrogen (secondary N) is 1. The number of primary amides is 1. The number of carbonyl (C=O) groups is 2.